The summed E-state index contributed by atoms with van der Waals surface area (Å²) in [7, 11) is -7.28. The minimum atomic E-state index is -3.75. The molecule has 0 radical (unpaired) electrons. The van der Waals surface area contributed by atoms with E-state index in [0.717, 1.165) is 5.56 Å². The standard InChI is InChI=1S/C18H22N4O4S3/c1-14-2-6-17(7-3-14)29(25,26)22-12-10-21(11-13-22)18(27)20-15-4-8-16(9-5-15)28(19,23)24/h2-9H,10-13H2,1H3,(H,20,27)(H2,19,23,24). The summed E-state index contributed by atoms with van der Waals surface area (Å²) in [5.74, 6) is 0. The molecule has 1 heterocycles. The molecular formula is C18H22N4O4S3. The third kappa shape index (κ3) is 5.11. The predicted octanol–water partition coefficient (Wildman–Crippen LogP) is 1.35. The zero-order chi connectivity index (χ0) is 21.2. The lowest BCUT2D eigenvalue weighted by atomic mass is 10.2. The van der Waals surface area contributed by atoms with Crippen molar-refractivity contribution in [2.45, 2.75) is 16.7 Å². The van der Waals surface area contributed by atoms with Crippen LogP contribution in [0.3, 0.4) is 0 Å². The molecule has 3 N–H and O–H groups in total. The van der Waals surface area contributed by atoms with Crippen LogP contribution in [0.4, 0.5) is 5.69 Å². The number of nitrogens with one attached hydrogen (secondary N) is 1. The Labute approximate surface area is 176 Å². The first kappa shape index (κ1) is 21.7. The van der Waals surface area contributed by atoms with E-state index in [9.17, 15) is 16.8 Å². The maximum absolute atomic E-state index is 12.8. The maximum atomic E-state index is 12.8. The fraction of sp³-hybridized carbons (Fsp3) is 0.278. The van der Waals surface area contributed by atoms with Gasteiger partial charge in [0.05, 0.1) is 9.79 Å². The summed E-state index contributed by atoms with van der Waals surface area (Å²) in [5.41, 5.74) is 1.62. The van der Waals surface area contributed by atoms with Crippen LogP contribution in [-0.2, 0) is 20.0 Å². The second-order valence-corrected chi connectivity index (χ2v) is 10.6. The highest BCUT2D eigenvalue weighted by atomic mass is 32.2. The Bertz CT molecular complexity index is 1090. The molecule has 29 heavy (non-hydrogen) atoms. The van der Waals surface area contributed by atoms with Crippen molar-refractivity contribution in [2.75, 3.05) is 31.5 Å². The first-order chi connectivity index (χ1) is 13.6. The lowest BCUT2D eigenvalue weighted by Crippen LogP contribution is -2.51. The summed E-state index contributed by atoms with van der Waals surface area (Å²) in [6.45, 7) is 3.45. The van der Waals surface area contributed by atoms with E-state index in [1.165, 1.54) is 16.4 Å². The highest BCUT2D eigenvalue weighted by molar-refractivity contribution is 7.89. The smallest absolute Gasteiger partial charge is 0.243 e. The Kier molecular flexibility index (Phi) is 6.24. The van der Waals surface area contributed by atoms with E-state index in [0.29, 0.717) is 37.0 Å². The van der Waals surface area contributed by atoms with Gasteiger partial charge in [-0.2, -0.15) is 4.31 Å². The van der Waals surface area contributed by atoms with Gasteiger partial charge in [-0.15, -0.1) is 0 Å². The van der Waals surface area contributed by atoms with E-state index in [1.807, 2.05) is 11.8 Å². The van der Waals surface area contributed by atoms with Crippen LogP contribution in [0.25, 0.3) is 0 Å². The molecule has 0 spiro atoms. The van der Waals surface area contributed by atoms with Gasteiger partial charge in [0.1, 0.15) is 0 Å². The van der Waals surface area contributed by atoms with Crippen molar-refractivity contribution < 1.29 is 16.8 Å². The van der Waals surface area contributed by atoms with E-state index in [1.54, 1.807) is 36.4 Å². The number of hydrogen-bond acceptors (Lipinski definition) is 5. The topological polar surface area (TPSA) is 113 Å². The SMILES string of the molecule is Cc1ccc(S(=O)(=O)N2CCN(C(=S)Nc3ccc(S(N)(=O)=O)cc3)CC2)cc1. The molecule has 3 rings (SSSR count). The number of rotatable bonds is 4. The number of sulfonamides is 2. The molecule has 0 aromatic heterocycles. The van der Waals surface area contributed by atoms with Crippen molar-refractivity contribution >= 4 is 43.1 Å². The average Bonchev–Trinajstić information content (AvgIpc) is 2.68. The quantitative estimate of drug-likeness (QED) is 0.671. The fourth-order valence-electron chi connectivity index (χ4n) is 2.92. The van der Waals surface area contributed by atoms with Crippen molar-refractivity contribution in [2.24, 2.45) is 5.14 Å². The lowest BCUT2D eigenvalue weighted by Gasteiger charge is -2.35. The average molecular weight is 455 g/mol. The van der Waals surface area contributed by atoms with Crippen molar-refractivity contribution in [1.29, 1.82) is 0 Å². The zero-order valence-electron chi connectivity index (χ0n) is 15.8. The van der Waals surface area contributed by atoms with Crippen LogP contribution < -0.4 is 10.5 Å². The third-order valence-corrected chi connectivity index (χ3v) is 7.82. The fourth-order valence-corrected chi connectivity index (χ4v) is 5.16. The molecule has 2 aromatic rings. The molecule has 1 aliphatic heterocycles. The van der Waals surface area contributed by atoms with Crippen LogP contribution in [0.1, 0.15) is 5.56 Å². The number of anilines is 1. The van der Waals surface area contributed by atoms with E-state index < -0.39 is 20.0 Å². The van der Waals surface area contributed by atoms with Crippen LogP contribution in [0.15, 0.2) is 58.3 Å². The summed E-state index contributed by atoms with van der Waals surface area (Å²) in [6, 6.07) is 12.7. The Hall–Kier alpha value is -2.05. The Morgan fingerprint density at radius 2 is 1.41 bits per heavy atom. The molecule has 0 atom stereocenters. The number of aryl methyl sites for hydroxylation is 1. The normalized spacial score (nSPS) is 15.9. The van der Waals surface area contributed by atoms with E-state index in [4.69, 9.17) is 17.4 Å². The second-order valence-electron chi connectivity index (χ2n) is 6.70. The number of nitrogens with two attached hydrogens (primary N) is 1. The van der Waals surface area contributed by atoms with Gasteiger partial charge in [0.2, 0.25) is 20.0 Å². The molecular weight excluding hydrogens is 432 g/mol. The van der Waals surface area contributed by atoms with Crippen molar-refractivity contribution in [1.82, 2.24) is 9.21 Å². The largest absolute Gasteiger partial charge is 0.346 e. The second kappa shape index (κ2) is 8.36. The number of hydrogen-bond donors (Lipinski definition) is 2. The van der Waals surface area contributed by atoms with Crippen LogP contribution in [0.5, 0.6) is 0 Å². The first-order valence-corrected chi connectivity index (χ1v) is 12.2. The van der Waals surface area contributed by atoms with Crippen LogP contribution in [-0.4, -0.2) is 57.3 Å². The zero-order valence-corrected chi connectivity index (χ0v) is 18.2. The molecule has 0 amide bonds. The van der Waals surface area contributed by atoms with Crippen LogP contribution >= 0.6 is 12.2 Å². The number of piperazine rings is 1. The molecule has 1 fully saturated rings. The van der Waals surface area contributed by atoms with Gasteiger partial charge in [0.25, 0.3) is 0 Å². The van der Waals surface area contributed by atoms with Gasteiger partial charge < -0.3 is 10.2 Å². The molecule has 2 aromatic carbocycles. The maximum Gasteiger partial charge on any atom is 0.243 e. The van der Waals surface area contributed by atoms with Crippen LogP contribution in [0, 0.1) is 6.92 Å². The first-order valence-electron chi connectivity index (χ1n) is 8.83. The summed E-state index contributed by atoms with van der Waals surface area (Å²) >= 11 is 5.41. The van der Waals surface area contributed by atoms with Crippen molar-refractivity contribution in [3.05, 3.63) is 54.1 Å². The van der Waals surface area contributed by atoms with Gasteiger partial charge in [-0.1, -0.05) is 17.7 Å². The minimum Gasteiger partial charge on any atom is -0.346 e. The minimum absolute atomic E-state index is 0.0175. The molecule has 1 aliphatic rings. The van der Waals surface area contributed by atoms with Crippen molar-refractivity contribution in [3.8, 4) is 0 Å². The van der Waals surface area contributed by atoms with Gasteiger partial charge >= 0.3 is 0 Å². The highest BCUT2D eigenvalue weighted by Crippen LogP contribution is 2.19. The van der Waals surface area contributed by atoms with Gasteiger partial charge in [-0.25, -0.2) is 22.0 Å². The van der Waals surface area contributed by atoms with Gasteiger partial charge in [0.15, 0.2) is 5.11 Å². The molecule has 0 saturated carbocycles. The number of benzene rings is 2. The molecule has 0 bridgehead atoms. The number of nitrogens with zero attached hydrogens (tertiary/aromatic N) is 2. The highest BCUT2D eigenvalue weighted by Gasteiger charge is 2.29. The number of thiocarbonyl (C=S) groups is 1. The number of primary sulfonamides is 1. The van der Waals surface area contributed by atoms with Gasteiger partial charge in [0, 0.05) is 31.9 Å². The monoisotopic (exact) mass is 454 g/mol. The molecule has 0 unspecified atom stereocenters. The van der Waals surface area contributed by atoms with E-state index >= 15 is 0 Å². The molecule has 0 aliphatic carbocycles. The molecule has 156 valence electrons. The Morgan fingerprint density at radius 3 is 1.93 bits per heavy atom. The molecule has 11 heteroatoms. The van der Waals surface area contributed by atoms with Gasteiger partial charge in [-0.05, 0) is 55.5 Å². The predicted molar refractivity (Wildman–Crippen MR) is 116 cm³/mol. The van der Waals surface area contributed by atoms with Gasteiger partial charge in [-0.3, -0.25) is 0 Å². The Morgan fingerprint density at radius 1 is 0.897 bits per heavy atom. The summed E-state index contributed by atoms with van der Waals surface area (Å²) < 4.78 is 49.6. The van der Waals surface area contributed by atoms with E-state index in [-0.39, 0.29) is 9.79 Å². The summed E-state index contributed by atoms with van der Waals surface area (Å²) in [6.07, 6.45) is 0. The summed E-state index contributed by atoms with van der Waals surface area (Å²) in [5, 5.41) is 8.57. The summed E-state index contributed by atoms with van der Waals surface area (Å²) in [4.78, 5) is 2.18. The van der Waals surface area contributed by atoms with E-state index in [2.05, 4.69) is 5.32 Å². The molecule has 8 nitrogen and oxygen atoms in total. The Balaban J connectivity index is 1.60. The third-order valence-electron chi connectivity index (χ3n) is 4.62. The lowest BCUT2D eigenvalue weighted by molar-refractivity contribution is 0.268. The van der Waals surface area contributed by atoms with Crippen LogP contribution in [0.2, 0.25) is 0 Å². The van der Waals surface area contributed by atoms with Crippen molar-refractivity contribution in [3.63, 3.8) is 0 Å². The molecule has 1 saturated heterocycles.